The van der Waals surface area contributed by atoms with Crippen molar-refractivity contribution in [3.05, 3.63) is 0 Å². The van der Waals surface area contributed by atoms with Gasteiger partial charge in [-0.15, -0.1) is 0 Å². The molecule has 0 radical (unpaired) electrons. The van der Waals surface area contributed by atoms with Crippen LogP contribution in [0.15, 0.2) is 0 Å². The minimum atomic E-state index is -0.0745. The molecule has 0 rings (SSSR count). The van der Waals surface area contributed by atoms with Crippen molar-refractivity contribution in [1.29, 1.82) is 0 Å². The summed E-state index contributed by atoms with van der Waals surface area (Å²) >= 11 is 0. The van der Waals surface area contributed by atoms with Crippen LogP contribution in [0.4, 0.5) is 0 Å². The van der Waals surface area contributed by atoms with Gasteiger partial charge in [-0.1, -0.05) is 13.3 Å². The van der Waals surface area contributed by atoms with E-state index >= 15 is 0 Å². The second-order valence-corrected chi connectivity index (χ2v) is 4.58. The third kappa shape index (κ3) is 9.96. The zero-order valence-electron chi connectivity index (χ0n) is 10.0. The summed E-state index contributed by atoms with van der Waals surface area (Å²) in [7, 11) is 0. The van der Waals surface area contributed by atoms with E-state index in [0.29, 0.717) is 19.8 Å². The van der Waals surface area contributed by atoms with Crippen LogP contribution in [0.25, 0.3) is 0 Å². The van der Waals surface area contributed by atoms with E-state index in [2.05, 4.69) is 6.92 Å². The third-order valence-corrected chi connectivity index (χ3v) is 1.75. The summed E-state index contributed by atoms with van der Waals surface area (Å²) < 4.78 is 10.9. The van der Waals surface area contributed by atoms with Crippen LogP contribution >= 0.6 is 0 Å². The molecule has 86 valence electrons. The molecule has 0 saturated carbocycles. The summed E-state index contributed by atoms with van der Waals surface area (Å²) in [4.78, 5) is 0. The average Bonchev–Trinajstić information content (AvgIpc) is 2.02. The van der Waals surface area contributed by atoms with Crippen molar-refractivity contribution in [3.8, 4) is 0 Å². The largest absolute Gasteiger partial charge is 0.377 e. The van der Waals surface area contributed by atoms with E-state index in [0.717, 1.165) is 12.8 Å². The van der Waals surface area contributed by atoms with Crippen molar-refractivity contribution in [2.24, 2.45) is 5.73 Å². The van der Waals surface area contributed by atoms with Crippen LogP contribution in [0.3, 0.4) is 0 Å². The fourth-order valence-corrected chi connectivity index (χ4v) is 1.10. The molecule has 0 saturated heterocycles. The molecule has 3 nitrogen and oxygen atoms in total. The molecule has 3 heteroatoms. The van der Waals surface area contributed by atoms with Crippen LogP contribution in [0.2, 0.25) is 0 Å². The molecule has 0 aromatic carbocycles. The fourth-order valence-electron chi connectivity index (χ4n) is 1.10. The number of rotatable bonds is 7. The maximum Gasteiger partial charge on any atom is 0.0707 e. The van der Waals surface area contributed by atoms with Crippen molar-refractivity contribution in [1.82, 2.24) is 0 Å². The Morgan fingerprint density at radius 1 is 1.21 bits per heavy atom. The van der Waals surface area contributed by atoms with Crippen LogP contribution in [0, 0.1) is 0 Å². The van der Waals surface area contributed by atoms with Gasteiger partial charge in [0, 0.05) is 6.04 Å². The summed E-state index contributed by atoms with van der Waals surface area (Å²) in [6, 6.07) is 0.176. The zero-order chi connectivity index (χ0) is 11.0. The van der Waals surface area contributed by atoms with Crippen molar-refractivity contribution < 1.29 is 9.47 Å². The van der Waals surface area contributed by atoms with Gasteiger partial charge in [0.25, 0.3) is 0 Å². The predicted octanol–water partition coefficient (Wildman–Crippen LogP) is 1.95. The Morgan fingerprint density at radius 2 is 1.86 bits per heavy atom. The number of hydrogen-bond acceptors (Lipinski definition) is 3. The second kappa shape index (κ2) is 7.21. The molecule has 0 amide bonds. The molecule has 0 spiro atoms. The third-order valence-electron chi connectivity index (χ3n) is 1.75. The van der Waals surface area contributed by atoms with E-state index in [1.165, 1.54) is 0 Å². The molecular weight excluding hydrogens is 178 g/mol. The van der Waals surface area contributed by atoms with Gasteiger partial charge in [-0.05, 0) is 27.2 Å². The van der Waals surface area contributed by atoms with Gasteiger partial charge in [-0.3, -0.25) is 0 Å². The summed E-state index contributed by atoms with van der Waals surface area (Å²) in [6.45, 7) is 10.2. The molecule has 0 aliphatic rings. The van der Waals surface area contributed by atoms with Crippen molar-refractivity contribution >= 4 is 0 Å². The first kappa shape index (κ1) is 13.9. The van der Waals surface area contributed by atoms with Gasteiger partial charge in [-0.2, -0.15) is 0 Å². The standard InChI is InChI=1S/C11H25NO2/c1-5-6-10(12)9-13-7-8-14-11(2,3)4/h10H,5-9,12H2,1-4H3. The highest BCUT2D eigenvalue weighted by atomic mass is 16.5. The number of hydrogen-bond donors (Lipinski definition) is 1. The van der Waals surface area contributed by atoms with Crippen LogP contribution in [-0.2, 0) is 9.47 Å². The maximum atomic E-state index is 5.79. The molecule has 0 aliphatic heterocycles. The van der Waals surface area contributed by atoms with Crippen LogP contribution in [-0.4, -0.2) is 31.5 Å². The monoisotopic (exact) mass is 203 g/mol. The Bertz CT molecular complexity index is 132. The Morgan fingerprint density at radius 3 is 2.36 bits per heavy atom. The van der Waals surface area contributed by atoms with Crippen LogP contribution in [0.1, 0.15) is 40.5 Å². The van der Waals surface area contributed by atoms with Crippen molar-refractivity contribution in [3.63, 3.8) is 0 Å². The van der Waals surface area contributed by atoms with Crippen LogP contribution < -0.4 is 5.73 Å². The normalized spacial score (nSPS) is 14.4. The average molecular weight is 203 g/mol. The van der Waals surface area contributed by atoms with E-state index < -0.39 is 0 Å². The lowest BCUT2D eigenvalue weighted by atomic mass is 10.2. The highest BCUT2D eigenvalue weighted by Crippen LogP contribution is 2.05. The van der Waals surface area contributed by atoms with Gasteiger partial charge in [0.2, 0.25) is 0 Å². The molecule has 1 unspecified atom stereocenters. The minimum Gasteiger partial charge on any atom is -0.377 e. The molecule has 1 atom stereocenters. The van der Waals surface area contributed by atoms with Gasteiger partial charge in [-0.25, -0.2) is 0 Å². The van der Waals surface area contributed by atoms with E-state index in [1.807, 2.05) is 20.8 Å². The fraction of sp³-hybridized carbons (Fsp3) is 1.00. The molecule has 0 heterocycles. The number of nitrogens with two attached hydrogens (primary N) is 1. The van der Waals surface area contributed by atoms with Gasteiger partial charge < -0.3 is 15.2 Å². The lowest BCUT2D eigenvalue weighted by Crippen LogP contribution is -2.28. The van der Waals surface area contributed by atoms with E-state index in [9.17, 15) is 0 Å². The molecule has 0 aromatic heterocycles. The molecule has 0 aliphatic carbocycles. The SMILES string of the molecule is CCCC(N)COCCOC(C)(C)C. The predicted molar refractivity (Wildman–Crippen MR) is 59.4 cm³/mol. The first-order valence-electron chi connectivity index (χ1n) is 5.43. The van der Waals surface area contributed by atoms with Crippen molar-refractivity contribution in [2.75, 3.05) is 19.8 Å². The maximum absolute atomic E-state index is 5.79. The lowest BCUT2D eigenvalue weighted by molar-refractivity contribution is -0.0364. The summed E-state index contributed by atoms with van der Waals surface area (Å²) in [5.41, 5.74) is 5.71. The molecule has 0 bridgehead atoms. The first-order chi connectivity index (χ1) is 6.45. The van der Waals surface area contributed by atoms with Gasteiger partial charge in [0.15, 0.2) is 0 Å². The molecule has 2 N–H and O–H groups in total. The zero-order valence-corrected chi connectivity index (χ0v) is 10.0. The quantitative estimate of drug-likeness (QED) is 0.643. The molecule has 0 fully saturated rings. The topological polar surface area (TPSA) is 44.5 Å². The Labute approximate surface area is 88.0 Å². The van der Waals surface area contributed by atoms with E-state index in [-0.39, 0.29) is 11.6 Å². The molecule has 14 heavy (non-hydrogen) atoms. The lowest BCUT2D eigenvalue weighted by Gasteiger charge is -2.19. The van der Waals surface area contributed by atoms with Crippen molar-refractivity contribution in [2.45, 2.75) is 52.2 Å². The van der Waals surface area contributed by atoms with Gasteiger partial charge in [0.05, 0.1) is 25.4 Å². The van der Waals surface area contributed by atoms with Gasteiger partial charge >= 0.3 is 0 Å². The molecule has 0 aromatic rings. The summed E-state index contributed by atoms with van der Waals surface area (Å²) in [6.07, 6.45) is 2.14. The molecular formula is C11H25NO2. The summed E-state index contributed by atoms with van der Waals surface area (Å²) in [5, 5.41) is 0. The Kier molecular flexibility index (Phi) is 7.15. The first-order valence-corrected chi connectivity index (χ1v) is 5.43. The van der Waals surface area contributed by atoms with E-state index in [1.54, 1.807) is 0 Å². The highest BCUT2D eigenvalue weighted by molar-refractivity contribution is 4.59. The Balaban J connectivity index is 3.21. The minimum absolute atomic E-state index is 0.0745. The second-order valence-electron chi connectivity index (χ2n) is 4.58. The highest BCUT2D eigenvalue weighted by Gasteiger charge is 2.09. The van der Waals surface area contributed by atoms with Gasteiger partial charge in [0.1, 0.15) is 0 Å². The smallest absolute Gasteiger partial charge is 0.0707 e. The van der Waals surface area contributed by atoms with E-state index in [4.69, 9.17) is 15.2 Å². The van der Waals surface area contributed by atoms with Crippen LogP contribution in [0.5, 0.6) is 0 Å². The Hall–Kier alpha value is -0.120. The number of ether oxygens (including phenoxy) is 2. The summed E-state index contributed by atoms with van der Waals surface area (Å²) in [5.74, 6) is 0.